The third-order valence-electron chi connectivity index (χ3n) is 4.15. The van der Waals surface area contributed by atoms with E-state index in [0.29, 0.717) is 21.2 Å². The summed E-state index contributed by atoms with van der Waals surface area (Å²) in [6.45, 7) is 1.81. The number of thiophene rings is 1. The molecule has 7 nitrogen and oxygen atoms in total. The Morgan fingerprint density at radius 1 is 1.23 bits per heavy atom. The lowest BCUT2D eigenvalue weighted by atomic mass is 10.0. The van der Waals surface area contributed by atoms with E-state index in [-0.39, 0.29) is 17.9 Å². The summed E-state index contributed by atoms with van der Waals surface area (Å²) in [4.78, 5) is 35.6. The van der Waals surface area contributed by atoms with Crippen LogP contribution in [-0.4, -0.2) is 23.4 Å². The molecule has 0 radical (unpaired) electrons. The van der Waals surface area contributed by atoms with E-state index in [9.17, 15) is 19.7 Å². The molecule has 1 aromatic heterocycles. The number of amides is 1. The summed E-state index contributed by atoms with van der Waals surface area (Å²) in [5.41, 5.74) is 1.71. The molecule has 3 aromatic rings. The van der Waals surface area contributed by atoms with Gasteiger partial charge in [0.2, 0.25) is 5.91 Å². The zero-order chi connectivity index (χ0) is 22.4. The number of hydrogen-bond acceptors (Lipinski definition) is 6. The van der Waals surface area contributed by atoms with Crippen molar-refractivity contribution in [3.05, 3.63) is 86.3 Å². The molecule has 0 bridgehead atoms. The Labute approximate surface area is 187 Å². The van der Waals surface area contributed by atoms with Gasteiger partial charge in [0.1, 0.15) is 10.6 Å². The largest absolute Gasteiger partial charge is 0.462 e. The maximum atomic E-state index is 12.6. The lowest BCUT2D eigenvalue weighted by Crippen LogP contribution is -2.12. The number of ether oxygens (including phenoxy) is 1. The van der Waals surface area contributed by atoms with Crippen molar-refractivity contribution in [3.63, 3.8) is 0 Å². The van der Waals surface area contributed by atoms with Gasteiger partial charge in [-0.2, -0.15) is 0 Å². The molecule has 0 fully saturated rings. The minimum atomic E-state index is -0.626. The number of esters is 1. The molecule has 1 heterocycles. The van der Waals surface area contributed by atoms with Gasteiger partial charge < -0.3 is 10.1 Å². The number of nitro groups is 1. The van der Waals surface area contributed by atoms with E-state index in [0.717, 1.165) is 16.9 Å². The van der Waals surface area contributed by atoms with Crippen LogP contribution in [0, 0.1) is 10.1 Å². The Kier molecular flexibility index (Phi) is 7.17. The molecule has 1 amide bonds. The molecule has 0 aliphatic carbocycles. The number of carbonyl (C=O) groups is 2. The van der Waals surface area contributed by atoms with Gasteiger partial charge in [0.05, 0.1) is 11.5 Å². The number of rotatable bonds is 7. The minimum absolute atomic E-state index is 0.103. The van der Waals surface area contributed by atoms with Crippen molar-refractivity contribution >= 4 is 51.6 Å². The molecule has 0 saturated heterocycles. The molecule has 0 aliphatic rings. The Balaban J connectivity index is 1.91. The van der Waals surface area contributed by atoms with Crippen LogP contribution in [0.25, 0.3) is 17.2 Å². The first-order chi connectivity index (χ1) is 14.9. The highest BCUT2D eigenvalue weighted by molar-refractivity contribution is 7.15. The molecular weight excluding hydrogens is 440 g/mol. The van der Waals surface area contributed by atoms with Crippen LogP contribution >= 0.6 is 22.9 Å². The summed E-state index contributed by atoms with van der Waals surface area (Å²) in [6.07, 6.45) is 2.92. The Bertz CT molecular complexity index is 1170. The van der Waals surface area contributed by atoms with Crippen LogP contribution < -0.4 is 5.32 Å². The van der Waals surface area contributed by atoms with Gasteiger partial charge in [-0.15, -0.1) is 11.3 Å². The van der Waals surface area contributed by atoms with Crippen LogP contribution in [0.5, 0.6) is 0 Å². The Morgan fingerprint density at radius 3 is 2.71 bits per heavy atom. The first kappa shape index (κ1) is 22.2. The van der Waals surface area contributed by atoms with Crippen LogP contribution in [0.1, 0.15) is 22.8 Å². The zero-order valence-corrected chi connectivity index (χ0v) is 17.9. The minimum Gasteiger partial charge on any atom is -0.462 e. The van der Waals surface area contributed by atoms with Crippen LogP contribution in [0.4, 0.5) is 10.7 Å². The number of nitro benzene ring substituents is 1. The lowest BCUT2D eigenvalue weighted by Gasteiger charge is -2.08. The summed E-state index contributed by atoms with van der Waals surface area (Å²) in [7, 11) is 0. The summed E-state index contributed by atoms with van der Waals surface area (Å²) in [5, 5.41) is 16.3. The predicted octanol–water partition coefficient (Wildman–Crippen LogP) is 5.81. The monoisotopic (exact) mass is 456 g/mol. The maximum Gasteiger partial charge on any atom is 0.341 e. The first-order valence-electron chi connectivity index (χ1n) is 9.17. The van der Waals surface area contributed by atoms with Gasteiger partial charge in [-0.1, -0.05) is 35.9 Å². The standard InChI is InChI=1S/C22H17ClN2O5S/c1-2-30-22(27)20-18(15-6-4-8-17(12-15)25(28)29)13-31-21(20)24-19(26)10-9-14-5-3-7-16(23)11-14/h3-13H,2H2,1H3,(H,24,26)/b10-9+. The molecule has 0 aliphatic heterocycles. The molecule has 9 heteroatoms. The molecule has 2 aromatic carbocycles. The second kappa shape index (κ2) is 10.0. The number of nitrogens with zero attached hydrogens (tertiary/aromatic N) is 1. The SMILES string of the molecule is CCOC(=O)c1c(-c2cccc([N+](=O)[O-])c2)csc1NC(=O)/C=C/c1cccc(Cl)c1. The van der Waals surface area contributed by atoms with Crippen LogP contribution in [0.15, 0.2) is 60.0 Å². The van der Waals surface area contributed by atoms with Gasteiger partial charge in [-0.3, -0.25) is 14.9 Å². The fourth-order valence-corrected chi connectivity index (χ4v) is 3.95. The second-order valence-corrected chi connectivity index (χ2v) is 7.58. The number of halogens is 1. The molecular formula is C22H17ClN2O5S. The number of anilines is 1. The molecule has 0 spiro atoms. The number of hydrogen-bond donors (Lipinski definition) is 1. The molecule has 0 unspecified atom stereocenters. The molecule has 1 N–H and O–H groups in total. The average molecular weight is 457 g/mol. The van der Waals surface area contributed by atoms with Gasteiger partial charge in [-0.25, -0.2) is 4.79 Å². The van der Waals surface area contributed by atoms with Gasteiger partial charge in [0.25, 0.3) is 5.69 Å². The number of carbonyl (C=O) groups excluding carboxylic acids is 2. The Hall–Kier alpha value is -3.49. The zero-order valence-electron chi connectivity index (χ0n) is 16.3. The highest BCUT2D eigenvalue weighted by Crippen LogP contribution is 2.37. The second-order valence-electron chi connectivity index (χ2n) is 6.26. The van der Waals surface area contributed by atoms with Crippen LogP contribution in [-0.2, 0) is 9.53 Å². The van der Waals surface area contributed by atoms with Gasteiger partial charge in [0, 0.05) is 34.2 Å². The average Bonchev–Trinajstić information content (AvgIpc) is 3.16. The van der Waals surface area contributed by atoms with Crippen molar-refractivity contribution in [2.24, 2.45) is 0 Å². The van der Waals surface area contributed by atoms with E-state index in [4.69, 9.17) is 16.3 Å². The highest BCUT2D eigenvalue weighted by Gasteiger charge is 2.23. The highest BCUT2D eigenvalue weighted by atomic mass is 35.5. The van der Waals surface area contributed by atoms with Crippen LogP contribution in [0.2, 0.25) is 5.02 Å². The smallest absolute Gasteiger partial charge is 0.341 e. The normalized spacial score (nSPS) is 10.8. The maximum absolute atomic E-state index is 12.6. The van der Waals surface area contributed by atoms with E-state index in [1.54, 1.807) is 48.7 Å². The summed E-state index contributed by atoms with van der Waals surface area (Å²) < 4.78 is 5.14. The topological polar surface area (TPSA) is 98.5 Å². The molecule has 31 heavy (non-hydrogen) atoms. The third-order valence-corrected chi connectivity index (χ3v) is 5.28. The fraction of sp³-hybridized carbons (Fsp3) is 0.0909. The third kappa shape index (κ3) is 5.56. The number of nitrogens with one attached hydrogen (secondary N) is 1. The summed E-state index contributed by atoms with van der Waals surface area (Å²) in [6, 6.07) is 12.9. The summed E-state index contributed by atoms with van der Waals surface area (Å²) in [5.74, 6) is -1.07. The molecule has 0 atom stereocenters. The lowest BCUT2D eigenvalue weighted by molar-refractivity contribution is -0.384. The van der Waals surface area contributed by atoms with E-state index >= 15 is 0 Å². The van der Waals surface area contributed by atoms with Crippen LogP contribution in [0.3, 0.4) is 0 Å². The number of non-ortho nitro benzene ring substituents is 1. The molecule has 0 saturated carbocycles. The van der Waals surface area contributed by atoms with Crippen molar-refractivity contribution in [2.75, 3.05) is 11.9 Å². The van der Waals surface area contributed by atoms with Crippen molar-refractivity contribution in [3.8, 4) is 11.1 Å². The van der Waals surface area contributed by atoms with Crippen molar-refractivity contribution in [1.29, 1.82) is 0 Å². The molecule has 3 rings (SSSR count). The Morgan fingerprint density at radius 2 is 2.00 bits per heavy atom. The van der Waals surface area contributed by atoms with E-state index in [1.807, 2.05) is 0 Å². The van der Waals surface area contributed by atoms with Gasteiger partial charge in [0.15, 0.2) is 0 Å². The first-order valence-corrected chi connectivity index (χ1v) is 10.4. The molecule has 158 valence electrons. The van der Waals surface area contributed by atoms with E-state index in [2.05, 4.69) is 5.32 Å². The quantitative estimate of drug-likeness (QED) is 0.209. The van der Waals surface area contributed by atoms with E-state index < -0.39 is 16.8 Å². The fourth-order valence-electron chi connectivity index (χ4n) is 2.79. The van der Waals surface area contributed by atoms with E-state index in [1.165, 1.54) is 24.3 Å². The van der Waals surface area contributed by atoms with Crippen molar-refractivity contribution in [1.82, 2.24) is 0 Å². The summed E-state index contributed by atoms with van der Waals surface area (Å²) >= 11 is 7.07. The van der Waals surface area contributed by atoms with Crippen molar-refractivity contribution in [2.45, 2.75) is 6.92 Å². The van der Waals surface area contributed by atoms with Crippen molar-refractivity contribution < 1.29 is 19.2 Å². The predicted molar refractivity (Wildman–Crippen MR) is 121 cm³/mol. The van der Waals surface area contributed by atoms with Gasteiger partial charge in [-0.05, 0) is 36.3 Å². The van der Waals surface area contributed by atoms with Gasteiger partial charge >= 0.3 is 5.97 Å². The number of benzene rings is 2.